The summed E-state index contributed by atoms with van der Waals surface area (Å²) in [7, 11) is 0. The number of carbonyl (C=O) groups is 4. The van der Waals surface area contributed by atoms with E-state index < -0.39 is 23.3 Å². The molecule has 122 valence electrons. The molecule has 0 aliphatic heterocycles. The van der Waals surface area contributed by atoms with E-state index in [0.29, 0.717) is 15.6 Å². The Morgan fingerprint density at radius 3 is 2.46 bits per heavy atom. The lowest BCUT2D eigenvalue weighted by Crippen LogP contribution is -2.25. The van der Waals surface area contributed by atoms with Crippen molar-refractivity contribution >= 4 is 40.3 Å². The Kier molecular flexibility index (Phi) is 3.88. The highest BCUT2D eigenvalue weighted by atomic mass is 32.1. The van der Waals surface area contributed by atoms with Crippen LogP contribution in [0.25, 0.3) is 0 Å². The molecule has 1 N–H and O–H groups in total. The summed E-state index contributed by atoms with van der Waals surface area (Å²) in [6, 6.07) is 4.61. The standard InChI is InChI=1S/C17H14N2O4S/c1-7-17(24-9(3)18-7)16(23)13-14(21)10-5-4-6-11(19-8(2)20)12(10)15(13)22/h4-6,13H,1-3H3,(H,19,20). The first-order valence-corrected chi connectivity index (χ1v) is 8.10. The second-order valence-corrected chi connectivity index (χ2v) is 6.79. The number of amides is 1. The van der Waals surface area contributed by atoms with Gasteiger partial charge in [0.05, 0.1) is 26.8 Å². The molecular formula is C17H14N2O4S. The summed E-state index contributed by atoms with van der Waals surface area (Å²) in [6.45, 7) is 4.75. The zero-order valence-corrected chi connectivity index (χ0v) is 14.1. The van der Waals surface area contributed by atoms with Crippen LogP contribution in [0.3, 0.4) is 0 Å². The van der Waals surface area contributed by atoms with Crippen molar-refractivity contribution in [1.82, 2.24) is 4.98 Å². The fraction of sp³-hybridized carbons (Fsp3) is 0.235. The number of anilines is 1. The maximum absolute atomic E-state index is 12.7. The highest BCUT2D eigenvalue weighted by molar-refractivity contribution is 7.13. The molecule has 7 heteroatoms. The quantitative estimate of drug-likeness (QED) is 0.683. The number of fused-ring (bicyclic) bond motifs is 1. The Hall–Kier alpha value is -2.67. The number of carbonyl (C=O) groups excluding carboxylic acids is 4. The number of nitrogens with one attached hydrogen (secondary N) is 1. The Morgan fingerprint density at radius 1 is 1.17 bits per heavy atom. The second kappa shape index (κ2) is 5.76. The Labute approximate surface area is 141 Å². The van der Waals surface area contributed by atoms with Crippen LogP contribution in [0.2, 0.25) is 0 Å². The lowest BCUT2D eigenvalue weighted by Gasteiger charge is -2.07. The highest BCUT2D eigenvalue weighted by Crippen LogP contribution is 2.35. The molecule has 1 amide bonds. The first-order chi connectivity index (χ1) is 11.3. The van der Waals surface area contributed by atoms with Gasteiger partial charge in [-0.1, -0.05) is 12.1 Å². The normalized spacial score (nSPS) is 16.2. The minimum absolute atomic E-state index is 0.106. The number of aryl methyl sites for hydroxylation is 2. The van der Waals surface area contributed by atoms with Gasteiger partial charge in [0.2, 0.25) is 5.91 Å². The van der Waals surface area contributed by atoms with Crippen molar-refractivity contribution in [2.24, 2.45) is 5.92 Å². The molecule has 0 bridgehead atoms. The number of nitrogens with zero attached hydrogens (tertiary/aromatic N) is 1. The average molecular weight is 342 g/mol. The van der Waals surface area contributed by atoms with Crippen LogP contribution >= 0.6 is 11.3 Å². The van der Waals surface area contributed by atoms with Crippen LogP contribution < -0.4 is 5.32 Å². The topological polar surface area (TPSA) is 93.2 Å². The molecule has 1 heterocycles. The van der Waals surface area contributed by atoms with Gasteiger partial charge in [0.15, 0.2) is 17.3 Å². The molecule has 24 heavy (non-hydrogen) atoms. The van der Waals surface area contributed by atoms with Crippen molar-refractivity contribution in [3.05, 3.63) is 44.9 Å². The molecule has 2 aromatic rings. The molecule has 1 unspecified atom stereocenters. The van der Waals surface area contributed by atoms with Gasteiger partial charge in [0.25, 0.3) is 0 Å². The molecule has 1 atom stereocenters. The monoisotopic (exact) mass is 342 g/mol. The van der Waals surface area contributed by atoms with Gasteiger partial charge in [-0.2, -0.15) is 0 Å². The Morgan fingerprint density at radius 2 is 1.88 bits per heavy atom. The molecule has 1 aromatic carbocycles. The maximum Gasteiger partial charge on any atom is 0.221 e. The number of ketones is 3. The van der Waals surface area contributed by atoms with E-state index in [9.17, 15) is 19.2 Å². The molecule has 1 aliphatic rings. The van der Waals surface area contributed by atoms with Gasteiger partial charge in [0, 0.05) is 12.5 Å². The van der Waals surface area contributed by atoms with E-state index in [1.54, 1.807) is 26.0 Å². The molecule has 0 fully saturated rings. The van der Waals surface area contributed by atoms with Crippen molar-refractivity contribution in [1.29, 1.82) is 0 Å². The summed E-state index contributed by atoms with van der Waals surface area (Å²) in [4.78, 5) is 53.9. The van der Waals surface area contributed by atoms with Gasteiger partial charge in [-0.05, 0) is 19.9 Å². The minimum atomic E-state index is -1.39. The number of thiazole rings is 1. The summed E-state index contributed by atoms with van der Waals surface area (Å²) in [5.41, 5.74) is 1.05. The van der Waals surface area contributed by atoms with E-state index >= 15 is 0 Å². The number of hydrogen-bond acceptors (Lipinski definition) is 6. The first-order valence-electron chi connectivity index (χ1n) is 7.28. The van der Waals surface area contributed by atoms with Crippen LogP contribution in [0.4, 0.5) is 5.69 Å². The van der Waals surface area contributed by atoms with Gasteiger partial charge >= 0.3 is 0 Å². The lowest BCUT2D eigenvalue weighted by molar-refractivity contribution is -0.114. The minimum Gasteiger partial charge on any atom is -0.326 e. The van der Waals surface area contributed by atoms with Crippen molar-refractivity contribution in [3.63, 3.8) is 0 Å². The van der Waals surface area contributed by atoms with Gasteiger partial charge in [-0.15, -0.1) is 11.3 Å². The molecule has 1 aliphatic carbocycles. The summed E-state index contributed by atoms with van der Waals surface area (Å²) in [5, 5.41) is 3.24. The van der Waals surface area contributed by atoms with Crippen molar-refractivity contribution in [2.75, 3.05) is 5.32 Å². The molecular weight excluding hydrogens is 328 g/mol. The fourth-order valence-corrected chi connectivity index (χ4v) is 3.75. The van der Waals surface area contributed by atoms with Gasteiger partial charge in [-0.25, -0.2) is 4.98 Å². The SMILES string of the molecule is CC(=O)Nc1cccc2c1C(=O)C(C(=O)c1sc(C)nc1C)C2=O. The maximum atomic E-state index is 12.7. The molecule has 3 rings (SSSR count). The first kappa shape index (κ1) is 16.2. The van der Waals surface area contributed by atoms with Crippen molar-refractivity contribution in [3.8, 4) is 0 Å². The average Bonchev–Trinajstić information content (AvgIpc) is 2.96. The van der Waals surface area contributed by atoms with Gasteiger partial charge in [-0.3, -0.25) is 19.2 Å². The van der Waals surface area contributed by atoms with E-state index in [-0.39, 0.29) is 22.7 Å². The molecule has 0 spiro atoms. The van der Waals surface area contributed by atoms with Crippen LogP contribution in [-0.4, -0.2) is 28.2 Å². The zero-order valence-electron chi connectivity index (χ0n) is 13.3. The molecule has 0 saturated carbocycles. The van der Waals surface area contributed by atoms with E-state index in [4.69, 9.17) is 0 Å². The molecule has 6 nitrogen and oxygen atoms in total. The number of Topliss-reactive ketones (excluding diaryl/α,β-unsaturated/α-hetero) is 3. The predicted octanol–water partition coefficient (Wildman–Crippen LogP) is 2.60. The highest BCUT2D eigenvalue weighted by Gasteiger charge is 2.45. The van der Waals surface area contributed by atoms with E-state index in [1.165, 1.54) is 24.3 Å². The summed E-state index contributed by atoms with van der Waals surface area (Å²) in [6.07, 6.45) is 0. The third kappa shape index (κ3) is 2.46. The van der Waals surface area contributed by atoms with Crippen LogP contribution in [-0.2, 0) is 4.79 Å². The number of rotatable bonds is 3. The lowest BCUT2D eigenvalue weighted by atomic mass is 9.97. The second-order valence-electron chi connectivity index (χ2n) is 5.58. The van der Waals surface area contributed by atoms with E-state index in [1.807, 2.05) is 0 Å². The van der Waals surface area contributed by atoms with Crippen LogP contribution in [0.15, 0.2) is 18.2 Å². The summed E-state index contributed by atoms with van der Waals surface area (Å²) < 4.78 is 0. The molecule has 0 saturated heterocycles. The third-order valence-corrected chi connectivity index (χ3v) is 4.89. The predicted molar refractivity (Wildman–Crippen MR) is 88.8 cm³/mol. The third-order valence-electron chi connectivity index (χ3n) is 3.80. The number of aromatic nitrogens is 1. The summed E-state index contributed by atoms with van der Waals surface area (Å²) in [5.74, 6) is -3.38. The Balaban J connectivity index is 2.06. The zero-order chi connectivity index (χ0) is 17.6. The molecule has 1 aromatic heterocycles. The van der Waals surface area contributed by atoms with Crippen LogP contribution in [0, 0.1) is 19.8 Å². The smallest absolute Gasteiger partial charge is 0.221 e. The number of benzene rings is 1. The van der Waals surface area contributed by atoms with Gasteiger partial charge < -0.3 is 5.32 Å². The number of hydrogen-bond donors (Lipinski definition) is 1. The Bertz CT molecular complexity index is 913. The van der Waals surface area contributed by atoms with Gasteiger partial charge in [0.1, 0.15) is 5.92 Å². The van der Waals surface area contributed by atoms with Crippen molar-refractivity contribution in [2.45, 2.75) is 20.8 Å². The fourth-order valence-electron chi connectivity index (χ4n) is 2.86. The summed E-state index contributed by atoms with van der Waals surface area (Å²) >= 11 is 1.17. The van der Waals surface area contributed by atoms with E-state index in [2.05, 4.69) is 10.3 Å². The van der Waals surface area contributed by atoms with Crippen LogP contribution in [0.5, 0.6) is 0 Å². The van der Waals surface area contributed by atoms with E-state index in [0.717, 1.165) is 0 Å². The molecule has 0 radical (unpaired) electrons. The van der Waals surface area contributed by atoms with Crippen LogP contribution in [0.1, 0.15) is 48.0 Å². The van der Waals surface area contributed by atoms with Crippen molar-refractivity contribution < 1.29 is 19.2 Å². The largest absolute Gasteiger partial charge is 0.326 e.